The summed E-state index contributed by atoms with van der Waals surface area (Å²) >= 11 is 3.33. The minimum absolute atomic E-state index is 0.0625. The fourth-order valence-electron chi connectivity index (χ4n) is 1.77. The third-order valence-electron chi connectivity index (χ3n) is 2.77. The lowest BCUT2D eigenvalue weighted by molar-refractivity contribution is -0.113. The summed E-state index contributed by atoms with van der Waals surface area (Å²) in [6.45, 7) is 0. The van der Waals surface area contributed by atoms with Crippen molar-refractivity contribution < 1.29 is 4.79 Å². The van der Waals surface area contributed by atoms with Crippen molar-refractivity contribution in [1.29, 1.82) is 0 Å². The first kappa shape index (κ1) is 13.1. The molecule has 0 amide bonds. The van der Waals surface area contributed by atoms with E-state index in [2.05, 4.69) is 35.9 Å². The smallest absolute Gasteiger partial charge is 0.200 e. The van der Waals surface area contributed by atoms with Crippen LogP contribution < -0.4 is 0 Å². The second-order valence-electron chi connectivity index (χ2n) is 4.21. The molecule has 2 heterocycles. The van der Waals surface area contributed by atoms with Crippen LogP contribution in [0.25, 0.3) is 0 Å². The number of hydrogen-bond acceptors (Lipinski definition) is 4. The Kier molecular flexibility index (Phi) is 4.81. The number of nitrogens with zero attached hydrogens (tertiary/aromatic N) is 3. The lowest BCUT2D eigenvalue weighted by Crippen LogP contribution is -2.16. The predicted octanol–water partition coefficient (Wildman–Crippen LogP) is 2.67. The van der Waals surface area contributed by atoms with Gasteiger partial charge in [-0.2, -0.15) is 0 Å². The zero-order valence-corrected chi connectivity index (χ0v) is 11.6. The number of rotatable bonds is 8. The van der Waals surface area contributed by atoms with Gasteiger partial charge in [0.2, 0.25) is 0 Å². The Balaban J connectivity index is 1.50. The van der Waals surface area contributed by atoms with E-state index in [1.54, 1.807) is 6.20 Å². The molecule has 0 saturated heterocycles. The first-order valence-corrected chi connectivity index (χ1v) is 6.88. The van der Waals surface area contributed by atoms with E-state index in [9.17, 15) is 4.79 Å². The Bertz CT molecular complexity index is 478. The molecule has 6 heteroatoms. The maximum absolute atomic E-state index is 11.4. The van der Waals surface area contributed by atoms with Crippen molar-refractivity contribution >= 4 is 33.9 Å². The topological polar surface area (TPSA) is 70.5 Å². The van der Waals surface area contributed by atoms with Crippen LogP contribution in [0.15, 0.2) is 20.8 Å². The van der Waals surface area contributed by atoms with Crippen LogP contribution in [0.1, 0.15) is 37.9 Å². The minimum Gasteiger partial charge on any atom is -0.337 e. The summed E-state index contributed by atoms with van der Waals surface area (Å²) in [5.74, 6) is 1.46. The van der Waals surface area contributed by atoms with E-state index in [4.69, 9.17) is 0 Å². The van der Waals surface area contributed by atoms with E-state index in [0.29, 0.717) is 12.3 Å². The number of carbonyl (C=O) groups is 1. The number of amidine groups is 1. The fraction of sp³-hybridized carbons (Fsp3) is 0.500. The van der Waals surface area contributed by atoms with Gasteiger partial charge in [0, 0.05) is 12.8 Å². The summed E-state index contributed by atoms with van der Waals surface area (Å²) in [7, 11) is 0. The lowest BCUT2D eigenvalue weighted by Gasteiger charge is -2.03. The molecule has 0 atom stereocenters. The number of imidazole rings is 1. The van der Waals surface area contributed by atoms with Crippen LogP contribution in [0.5, 0.6) is 0 Å². The van der Waals surface area contributed by atoms with Gasteiger partial charge in [-0.1, -0.05) is 12.8 Å². The quantitative estimate of drug-likeness (QED) is 0.750. The van der Waals surface area contributed by atoms with E-state index < -0.39 is 0 Å². The molecule has 1 aliphatic rings. The molecule has 0 spiro atoms. The van der Waals surface area contributed by atoms with E-state index in [-0.39, 0.29) is 5.78 Å². The van der Waals surface area contributed by atoms with Gasteiger partial charge in [-0.05, 0) is 28.8 Å². The number of ketones is 1. The second-order valence-corrected chi connectivity index (χ2v) is 5.07. The number of aliphatic imine (C=N–C) groups is 2. The van der Waals surface area contributed by atoms with Crippen LogP contribution in [0, 0.1) is 0 Å². The van der Waals surface area contributed by atoms with Gasteiger partial charge in [0.05, 0.1) is 6.20 Å². The third kappa shape index (κ3) is 3.87. The molecule has 0 saturated carbocycles. The number of nitrogens with one attached hydrogen (secondary N) is 1. The van der Waals surface area contributed by atoms with Crippen LogP contribution in [0.4, 0.5) is 0 Å². The van der Waals surface area contributed by atoms with Gasteiger partial charge in [0.25, 0.3) is 0 Å². The summed E-state index contributed by atoms with van der Waals surface area (Å²) in [5, 5.41) is 0. The number of unbranched alkanes of at least 4 members (excludes halogenated alkanes) is 3. The summed E-state index contributed by atoms with van der Waals surface area (Å²) in [6.07, 6.45) is 8.87. The lowest BCUT2D eigenvalue weighted by atomic mass is 10.1. The molecule has 1 aromatic heterocycles. The molecule has 0 bridgehead atoms. The predicted molar refractivity (Wildman–Crippen MR) is 74.0 cm³/mol. The zero-order valence-electron chi connectivity index (χ0n) is 10.0. The average Bonchev–Trinajstić information content (AvgIpc) is 2.67. The van der Waals surface area contributed by atoms with Crippen molar-refractivity contribution in [1.82, 2.24) is 9.97 Å². The molecule has 0 unspecified atom stereocenters. The summed E-state index contributed by atoms with van der Waals surface area (Å²) in [4.78, 5) is 26.3. The van der Waals surface area contributed by atoms with Crippen molar-refractivity contribution in [3.05, 3.63) is 16.6 Å². The molecule has 0 aromatic carbocycles. The number of hydrogen-bond donors (Lipinski definition) is 1. The van der Waals surface area contributed by atoms with Gasteiger partial charge in [-0.25, -0.2) is 15.0 Å². The van der Waals surface area contributed by atoms with Crippen LogP contribution >= 0.6 is 15.9 Å². The van der Waals surface area contributed by atoms with E-state index >= 15 is 0 Å². The van der Waals surface area contributed by atoms with Crippen molar-refractivity contribution in [2.24, 2.45) is 9.98 Å². The Morgan fingerprint density at radius 2 is 2.06 bits per heavy atom. The minimum atomic E-state index is 0.0625. The monoisotopic (exact) mass is 310 g/mol. The van der Waals surface area contributed by atoms with E-state index in [1.165, 1.54) is 6.34 Å². The Morgan fingerprint density at radius 3 is 2.67 bits per heavy atom. The zero-order chi connectivity index (χ0) is 12.8. The van der Waals surface area contributed by atoms with E-state index in [1.807, 2.05) is 0 Å². The normalized spacial score (nSPS) is 13.3. The van der Waals surface area contributed by atoms with Gasteiger partial charge in [-0.15, -0.1) is 0 Å². The highest BCUT2D eigenvalue weighted by atomic mass is 79.9. The number of Topliss-reactive ketones (excluding diaryl/α,β-unsaturated/α-hetero) is 1. The summed E-state index contributed by atoms with van der Waals surface area (Å²) in [6, 6.07) is 0. The van der Waals surface area contributed by atoms with Crippen molar-refractivity contribution in [3.63, 3.8) is 0 Å². The summed E-state index contributed by atoms with van der Waals surface area (Å²) < 4.78 is 0.921. The molecule has 96 valence electrons. The number of H-pyrrole nitrogens is 1. The molecule has 1 aromatic rings. The number of aromatic nitrogens is 2. The third-order valence-corrected chi connectivity index (χ3v) is 3.18. The first-order valence-electron chi connectivity index (χ1n) is 6.08. The largest absolute Gasteiger partial charge is 0.337 e. The standard InChI is InChI=1S/C12H15BrN4O/c13-10-7-14-11(17-10)6-4-2-1-3-5-9(18)12-15-8-16-12/h7-8H,1-6H2,(H,14,17). The first-order chi connectivity index (χ1) is 8.75. The molecule has 2 rings (SSSR count). The Morgan fingerprint density at radius 1 is 1.28 bits per heavy atom. The molecular formula is C12H15BrN4O. The maximum atomic E-state index is 11.4. The van der Waals surface area contributed by atoms with Crippen molar-refractivity contribution in [2.45, 2.75) is 38.5 Å². The number of aromatic amines is 1. The van der Waals surface area contributed by atoms with Crippen LogP contribution in [0.3, 0.4) is 0 Å². The van der Waals surface area contributed by atoms with Gasteiger partial charge in [0.15, 0.2) is 11.6 Å². The van der Waals surface area contributed by atoms with Crippen molar-refractivity contribution in [2.75, 3.05) is 0 Å². The van der Waals surface area contributed by atoms with Crippen molar-refractivity contribution in [3.8, 4) is 0 Å². The fourth-order valence-corrected chi connectivity index (χ4v) is 2.10. The Hall–Kier alpha value is -1.30. The SMILES string of the molecule is O=C(CCCCCCc1ncc(Br)[nH]1)C1=NC=N1. The highest BCUT2D eigenvalue weighted by Crippen LogP contribution is 2.10. The van der Waals surface area contributed by atoms with Crippen LogP contribution in [-0.2, 0) is 11.2 Å². The average molecular weight is 311 g/mol. The summed E-state index contributed by atoms with van der Waals surface area (Å²) in [5.41, 5.74) is 0. The van der Waals surface area contributed by atoms with Gasteiger partial charge in [0.1, 0.15) is 16.8 Å². The number of carbonyl (C=O) groups excluding carboxylic acids is 1. The molecular weight excluding hydrogens is 296 g/mol. The highest BCUT2D eigenvalue weighted by Gasteiger charge is 2.12. The second kappa shape index (κ2) is 6.58. The molecule has 5 nitrogen and oxygen atoms in total. The van der Waals surface area contributed by atoms with Crippen LogP contribution in [-0.4, -0.2) is 27.9 Å². The number of halogens is 1. The van der Waals surface area contributed by atoms with Gasteiger partial charge >= 0.3 is 0 Å². The molecule has 0 radical (unpaired) electrons. The molecule has 0 fully saturated rings. The van der Waals surface area contributed by atoms with Gasteiger partial charge < -0.3 is 4.98 Å². The highest BCUT2D eigenvalue weighted by molar-refractivity contribution is 9.10. The molecule has 1 aliphatic heterocycles. The maximum Gasteiger partial charge on any atom is 0.200 e. The molecule has 1 N–H and O–H groups in total. The van der Waals surface area contributed by atoms with Crippen LogP contribution in [0.2, 0.25) is 0 Å². The molecule has 0 aliphatic carbocycles. The molecule has 18 heavy (non-hydrogen) atoms. The number of aryl methyl sites for hydroxylation is 1. The Labute approximate surface area is 114 Å². The van der Waals surface area contributed by atoms with Gasteiger partial charge in [-0.3, -0.25) is 4.79 Å². The van der Waals surface area contributed by atoms with E-state index in [0.717, 1.165) is 42.5 Å².